The van der Waals surface area contributed by atoms with E-state index in [1.54, 1.807) is 0 Å². The number of hydrogen-bond acceptors (Lipinski definition) is 3. The van der Waals surface area contributed by atoms with Gasteiger partial charge in [0.1, 0.15) is 5.82 Å². The molecule has 1 aromatic heterocycles. The van der Waals surface area contributed by atoms with Crippen LogP contribution >= 0.6 is 0 Å². The van der Waals surface area contributed by atoms with Crippen molar-refractivity contribution in [2.24, 2.45) is 5.92 Å². The van der Waals surface area contributed by atoms with Crippen LogP contribution < -0.4 is 0 Å². The second-order valence-electron chi connectivity index (χ2n) is 7.42. The summed E-state index contributed by atoms with van der Waals surface area (Å²) in [5, 5.41) is 0. The Kier molecular flexibility index (Phi) is 9.34. The summed E-state index contributed by atoms with van der Waals surface area (Å²) in [6.45, 7) is 6.02. The van der Waals surface area contributed by atoms with Crippen molar-refractivity contribution in [1.82, 2.24) is 9.97 Å². The molecule has 0 saturated heterocycles. The number of rotatable bonds is 11. The maximum absolute atomic E-state index is 5.72. The number of aromatic nitrogens is 2. The highest BCUT2D eigenvalue weighted by Crippen LogP contribution is 2.36. The van der Waals surface area contributed by atoms with Gasteiger partial charge in [-0.1, -0.05) is 52.4 Å². The summed E-state index contributed by atoms with van der Waals surface area (Å²) in [7, 11) is 0. The predicted octanol–water partition coefficient (Wildman–Crippen LogP) is 6.04. The van der Waals surface area contributed by atoms with Crippen LogP contribution in [0, 0.1) is 5.92 Å². The fourth-order valence-corrected chi connectivity index (χ4v) is 3.67. The Morgan fingerprint density at radius 2 is 1.62 bits per heavy atom. The van der Waals surface area contributed by atoms with E-state index in [-0.39, 0.29) is 0 Å². The molecular formula is C21H36N2O. The normalized spacial score (nSPS) is 21.1. The van der Waals surface area contributed by atoms with Gasteiger partial charge in [-0.25, -0.2) is 9.97 Å². The summed E-state index contributed by atoms with van der Waals surface area (Å²) < 4.78 is 5.72. The Hall–Kier alpha value is -0.960. The van der Waals surface area contributed by atoms with Crippen molar-refractivity contribution in [3.05, 3.63) is 23.8 Å². The van der Waals surface area contributed by atoms with Crippen LogP contribution in [0.5, 0.6) is 0 Å². The molecule has 0 aromatic carbocycles. The van der Waals surface area contributed by atoms with E-state index in [1.165, 1.54) is 64.2 Å². The molecule has 0 unspecified atom stereocenters. The maximum atomic E-state index is 5.72. The monoisotopic (exact) mass is 332 g/mol. The molecule has 0 aliphatic heterocycles. The van der Waals surface area contributed by atoms with Crippen molar-refractivity contribution in [3.8, 4) is 0 Å². The van der Waals surface area contributed by atoms with Gasteiger partial charge in [-0.2, -0.15) is 0 Å². The van der Waals surface area contributed by atoms with Crippen molar-refractivity contribution in [1.29, 1.82) is 0 Å². The van der Waals surface area contributed by atoms with Crippen molar-refractivity contribution in [2.45, 2.75) is 97.0 Å². The van der Waals surface area contributed by atoms with E-state index < -0.39 is 0 Å². The molecule has 0 bridgehead atoms. The third-order valence-electron chi connectivity index (χ3n) is 5.31. The fourth-order valence-electron chi connectivity index (χ4n) is 3.67. The molecule has 1 aliphatic rings. The van der Waals surface area contributed by atoms with Crippen molar-refractivity contribution in [2.75, 3.05) is 6.61 Å². The molecule has 2 rings (SSSR count). The van der Waals surface area contributed by atoms with E-state index in [9.17, 15) is 0 Å². The third kappa shape index (κ3) is 6.88. The number of ether oxygens (including phenoxy) is 1. The summed E-state index contributed by atoms with van der Waals surface area (Å²) in [6.07, 6.45) is 18.3. The molecule has 0 spiro atoms. The summed E-state index contributed by atoms with van der Waals surface area (Å²) in [5.41, 5.74) is 1.10. The fraction of sp³-hybridized carbons (Fsp3) is 0.810. The Labute approximate surface area is 148 Å². The van der Waals surface area contributed by atoms with Crippen LogP contribution in [0.15, 0.2) is 12.4 Å². The molecule has 0 amide bonds. The molecule has 1 aromatic rings. The molecule has 3 heteroatoms. The van der Waals surface area contributed by atoms with Gasteiger partial charge in [0.25, 0.3) is 0 Å². The molecule has 24 heavy (non-hydrogen) atoms. The van der Waals surface area contributed by atoms with Crippen LogP contribution in [-0.2, 0) is 11.3 Å². The molecule has 1 saturated carbocycles. The quantitative estimate of drug-likeness (QED) is 0.463. The van der Waals surface area contributed by atoms with Crippen molar-refractivity contribution in [3.63, 3.8) is 0 Å². The average Bonchev–Trinajstić information content (AvgIpc) is 2.64. The zero-order chi connectivity index (χ0) is 17.0. The maximum Gasteiger partial charge on any atom is 0.131 e. The highest BCUT2D eigenvalue weighted by atomic mass is 16.5. The number of unbranched alkanes of at least 4 members (excludes halogenated alkanes) is 4. The minimum Gasteiger partial charge on any atom is -0.377 e. The van der Waals surface area contributed by atoms with Gasteiger partial charge in [-0.05, 0) is 38.0 Å². The Morgan fingerprint density at radius 1 is 0.917 bits per heavy atom. The SMILES string of the molecule is CCCCCCOCc1cnc([C@H]2CC[C@H](CCCC)CC2)nc1. The summed E-state index contributed by atoms with van der Waals surface area (Å²) in [6, 6.07) is 0. The van der Waals surface area contributed by atoms with E-state index in [2.05, 4.69) is 23.8 Å². The lowest BCUT2D eigenvalue weighted by Crippen LogP contribution is -2.15. The molecule has 1 fully saturated rings. The molecule has 0 atom stereocenters. The molecule has 1 heterocycles. The van der Waals surface area contributed by atoms with Gasteiger partial charge in [0.05, 0.1) is 6.61 Å². The molecule has 0 N–H and O–H groups in total. The van der Waals surface area contributed by atoms with Gasteiger partial charge in [0, 0.05) is 30.5 Å². The first-order valence-corrected chi connectivity index (χ1v) is 10.2. The Balaban J connectivity index is 1.67. The van der Waals surface area contributed by atoms with Crippen LogP contribution in [0.3, 0.4) is 0 Å². The molecule has 3 nitrogen and oxygen atoms in total. The standard InChI is InChI=1S/C21H36N2O/c1-3-5-7-8-14-24-17-19-15-22-21(23-16-19)20-12-10-18(11-13-20)9-6-4-2/h15-16,18,20H,3-14,17H2,1-2H3/t18-,20-. The zero-order valence-electron chi connectivity index (χ0n) is 15.8. The highest BCUT2D eigenvalue weighted by molar-refractivity contribution is 5.07. The van der Waals surface area contributed by atoms with Gasteiger partial charge in [-0.3, -0.25) is 0 Å². The second-order valence-corrected chi connectivity index (χ2v) is 7.42. The lowest BCUT2D eigenvalue weighted by atomic mass is 9.79. The Bertz CT molecular complexity index is 424. The Morgan fingerprint density at radius 3 is 2.29 bits per heavy atom. The lowest BCUT2D eigenvalue weighted by Gasteiger charge is -2.27. The lowest BCUT2D eigenvalue weighted by molar-refractivity contribution is 0.116. The number of hydrogen-bond donors (Lipinski definition) is 0. The first-order chi connectivity index (χ1) is 11.8. The first kappa shape index (κ1) is 19.4. The number of nitrogens with zero attached hydrogens (tertiary/aromatic N) is 2. The van der Waals surface area contributed by atoms with Gasteiger partial charge in [0.2, 0.25) is 0 Å². The molecular weight excluding hydrogens is 296 g/mol. The third-order valence-corrected chi connectivity index (χ3v) is 5.31. The van der Waals surface area contributed by atoms with E-state index >= 15 is 0 Å². The topological polar surface area (TPSA) is 35.0 Å². The largest absolute Gasteiger partial charge is 0.377 e. The van der Waals surface area contributed by atoms with Crippen LogP contribution in [-0.4, -0.2) is 16.6 Å². The van der Waals surface area contributed by atoms with Crippen LogP contribution in [0.4, 0.5) is 0 Å². The predicted molar refractivity (Wildman–Crippen MR) is 100 cm³/mol. The molecule has 0 radical (unpaired) electrons. The van der Waals surface area contributed by atoms with Gasteiger partial charge in [0.15, 0.2) is 0 Å². The van der Waals surface area contributed by atoms with E-state index in [0.29, 0.717) is 12.5 Å². The minimum absolute atomic E-state index is 0.576. The first-order valence-electron chi connectivity index (χ1n) is 10.2. The minimum atomic E-state index is 0.576. The summed E-state index contributed by atoms with van der Waals surface area (Å²) >= 11 is 0. The van der Waals surface area contributed by atoms with Gasteiger partial charge >= 0.3 is 0 Å². The van der Waals surface area contributed by atoms with Crippen molar-refractivity contribution >= 4 is 0 Å². The van der Waals surface area contributed by atoms with Crippen LogP contribution in [0.1, 0.15) is 102 Å². The van der Waals surface area contributed by atoms with Crippen molar-refractivity contribution < 1.29 is 4.74 Å². The van der Waals surface area contributed by atoms with E-state index in [0.717, 1.165) is 30.3 Å². The summed E-state index contributed by atoms with van der Waals surface area (Å²) in [4.78, 5) is 9.25. The average molecular weight is 333 g/mol. The zero-order valence-corrected chi connectivity index (χ0v) is 15.8. The van der Waals surface area contributed by atoms with Crippen LogP contribution in [0.2, 0.25) is 0 Å². The highest BCUT2D eigenvalue weighted by Gasteiger charge is 2.23. The van der Waals surface area contributed by atoms with E-state index in [4.69, 9.17) is 4.74 Å². The molecule has 136 valence electrons. The summed E-state index contributed by atoms with van der Waals surface area (Å²) in [5.74, 6) is 2.57. The van der Waals surface area contributed by atoms with Crippen LogP contribution in [0.25, 0.3) is 0 Å². The van der Waals surface area contributed by atoms with E-state index in [1.807, 2.05) is 12.4 Å². The van der Waals surface area contributed by atoms with Gasteiger partial charge in [-0.15, -0.1) is 0 Å². The second kappa shape index (κ2) is 11.6. The van der Waals surface area contributed by atoms with Gasteiger partial charge < -0.3 is 4.74 Å². The molecule has 1 aliphatic carbocycles. The smallest absolute Gasteiger partial charge is 0.131 e.